The van der Waals surface area contributed by atoms with Crippen LogP contribution in [0.2, 0.25) is 0 Å². The summed E-state index contributed by atoms with van der Waals surface area (Å²) >= 11 is 0. The fourth-order valence-electron chi connectivity index (χ4n) is 9.21. The van der Waals surface area contributed by atoms with E-state index < -0.39 is 41.3 Å². The van der Waals surface area contributed by atoms with Crippen LogP contribution in [0.4, 0.5) is 14.5 Å². The fraction of sp³-hybridized carbons (Fsp3) is 0.417. The summed E-state index contributed by atoms with van der Waals surface area (Å²) < 4.78 is 38.1. The van der Waals surface area contributed by atoms with Gasteiger partial charge in [0.2, 0.25) is 17.7 Å². The van der Waals surface area contributed by atoms with Crippen molar-refractivity contribution in [1.29, 1.82) is 0 Å². The summed E-state index contributed by atoms with van der Waals surface area (Å²) in [7, 11) is 0. The Labute approximate surface area is 380 Å². The van der Waals surface area contributed by atoms with Crippen molar-refractivity contribution in [2.45, 2.75) is 70.0 Å². The van der Waals surface area contributed by atoms with Gasteiger partial charge in [-0.25, -0.2) is 13.8 Å². The van der Waals surface area contributed by atoms with Crippen LogP contribution in [0.15, 0.2) is 67.1 Å². The average molecular weight is 903 g/mol. The minimum Gasteiger partial charge on any atom is -0.385 e. The van der Waals surface area contributed by atoms with Gasteiger partial charge in [-0.3, -0.25) is 53.7 Å². The summed E-state index contributed by atoms with van der Waals surface area (Å²) in [4.78, 5) is 77.4. The molecule has 3 aromatic carbocycles. The van der Waals surface area contributed by atoms with Gasteiger partial charge < -0.3 is 15.4 Å². The van der Waals surface area contributed by atoms with Crippen molar-refractivity contribution < 1.29 is 37.5 Å². The summed E-state index contributed by atoms with van der Waals surface area (Å²) in [6, 6.07) is 12.3. The van der Waals surface area contributed by atoms with Crippen molar-refractivity contribution in [1.82, 2.24) is 45.1 Å². The number of aromatic nitrogens is 4. The van der Waals surface area contributed by atoms with Crippen LogP contribution in [0.1, 0.15) is 83.7 Å². The van der Waals surface area contributed by atoms with Crippen LogP contribution < -0.4 is 16.0 Å². The summed E-state index contributed by atoms with van der Waals surface area (Å²) in [5, 5.41) is 13.2. The van der Waals surface area contributed by atoms with Gasteiger partial charge in [-0.2, -0.15) is 5.10 Å². The highest BCUT2D eigenvalue weighted by Gasteiger charge is 2.44. The van der Waals surface area contributed by atoms with Crippen LogP contribution in [0.3, 0.4) is 0 Å². The van der Waals surface area contributed by atoms with Crippen molar-refractivity contribution in [3.63, 3.8) is 0 Å². The van der Waals surface area contributed by atoms with Crippen LogP contribution in [-0.2, 0) is 25.7 Å². The first-order valence-corrected chi connectivity index (χ1v) is 22.8. The number of carbonyl (C=O) groups excluding carboxylic acids is 5. The van der Waals surface area contributed by atoms with Crippen LogP contribution >= 0.6 is 0 Å². The second-order valence-corrected chi connectivity index (χ2v) is 17.4. The molecule has 3 fully saturated rings. The number of piperidine rings is 2. The molecule has 4 aliphatic heterocycles. The molecular formula is C48H52F2N10O6. The number of fused-ring (bicyclic) bond motifs is 2. The number of hydrogen-bond acceptors (Lipinski definition) is 12. The molecule has 1 atom stereocenters. The maximum absolute atomic E-state index is 15.4. The molecule has 344 valence electrons. The standard InChI is InChI=1S/C48H52F2N10O6/c49-38-22-30(23-39(50)37(38)28-58-18-20-66-21-19-58)34-6-5-7-40-45(34)55-41(26-53-40)31-25-54-59(27-31)33-12-16-57(17-13-33)29-44(62)52-15-4-2-1-3-14-51-32-8-9-35-36(24-32)48(65)60(47(35)64)42-10-11-43(61)56-46(42)63/h5-9,22-27,33,42,51H,1-4,10-21,28-29H2,(H,52,62)(H,56,61,63). The lowest BCUT2D eigenvalue weighted by Gasteiger charge is -2.31. The van der Waals surface area contributed by atoms with Gasteiger partial charge in [0, 0.05) is 80.8 Å². The van der Waals surface area contributed by atoms with E-state index >= 15 is 8.78 Å². The van der Waals surface area contributed by atoms with Gasteiger partial charge in [-0.15, -0.1) is 0 Å². The van der Waals surface area contributed by atoms with Crippen molar-refractivity contribution in [3.05, 3.63) is 95.4 Å². The minimum absolute atomic E-state index is 0.000887. The summed E-state index contributed by atoms with van der Waals surface area (Å²) in [5.41, 5.74) is 4.76. The van der Waals surface area contributed by atoms with E-state index in [0.29, 0.717) is 79.5 Å². The largest absolute Gasteiger partial charge is 0.385 e. The zero-order valence-electron chi connectivity index (χ0n) is 36.6. The molecule has 9 rings (SSSR count). The maximum atomic E-state index is 15.4. The first-order valence-electron chi connectivity index (χ1n) is 22.8. The third kappa shape index (κ3) is 9.85. The Kier molecular flexibility index (Phi) is 13.5. The number of hydrogen-bond donors (Lipinski definition) is 3. The quantitative estimate of drug-likeness (QED) is 0.0882. The lowest BCUT2D eigenvalue weighted by atomic mass is 10.0. The van der Waals surface area contributed by atoms with Crippen molar-refractivity contribution in [2.75, 3.05) is 64.3 Å². The van der Waals surface area contributed by atoms with Gasteiger partial charge in [-0.05, 0) is 74.1 Å². The SMILES string of the molecule is O=C(CN1CCC(n2cc(-c3cnc4cccc(-c5cc(F)c(CN6CCOCC6)c(F)c5)c4n3)cn2)CC1)NCCCCCCNc1ccc2c(c1)C(=O)N(C1CCC(=O)NC1=O)C2=O. The second-order valence-electron chi connectivity index (χ2n) is 17.4. The van der Waals surface area contributed by atoms with Gasteiger partial charge in [0.1, 0.15) is 17.7 Å². The summed E-state index contributed by atoms with van der Waals surface area (Å²) in [6.45, 7) is 5.63. The molecule has 6 heterocycles. The van der Waals surface area contributed by atoms with Crippen molar-refractivity contribution >= 4 is 46.3 Å². The van der Waals surface area contributed by atoms with Gasteiger partial charge in [0.15, 0.2) is 0 Å². The van der Waals surface area contributed by atoms with Crippen LogP contribution in [0, 0.1) is 11.6 Å². The molecule has 0 spiro atoms. The monoisotopic (exact) mass is 902 g/mol. The minimum atomic E-state index is -0.996. The van der Waals surface area contributed by atoms with Crippen LogP contribution in [0.5, 0.6) is 0 Å². The molecule has 5 aromatic rings. The Balaban J connectivity index is 0.689. The smallest absolute Gasteiger partial charge is 0.262 e. The number of benzene rings is 3. The molecule has 1 unspecified atom stereocenters. The number of morpholine rings is 1. The van der Waals surface area contributed by atoms with Crippen molar-refractivity contribution in [2.24, 2.45) is 0 Å². The van der Waals surface area contributed by atoms with E-state index in [9.17, 15) is 24.0 Å². The van der Waals surface area contributed by atoms with E-state index in [-0.39, 0.29) is 48.0 Å². The molecule has 2 aromatic heterocycles. The predicted molar refractivity (Wildman–Crippen MR) is 240 cm³/mol. The van der Waals surface area contributed by atoms with E-state index in [1.807, 2.05) is 21.8 Å². The molecule has 3 saturated heterocycles. The van der Waals surface area contributed by atoms with Crippen LogP contribution in [-0.4, -0.2) is 129 Å². The third-order valence-corrected chi connectivity index (χ3v) is 12.9. The Bertz CT molecular complexity index is 2640. The molecule has 18 heteroatoms. The Morgan fingerprint density at radius 2 is 1.56 bits per heavy atom. The second kappa shape index (κ2) is 19.9. The highest BCUT2D eigenvalue weighted by molar-refractivity contribution is 6.23. The van der Waals surface area contributed by atoms with Gasteiger partial charge in [-0.1, -0.05) is 25.0 Å². The Morgan fingerprint density at radius 1 is 0.803 bits per heavy atom. The number of amides is 5. The number of likely N-dealkylation sites (tertiary alicyclic amines) is 1. The molecular weight excluding hydrogens is 851 g/mol. The number of para-hydroxylation sites is 1. The Morgan fingerprint density at radius 3 is 2.33 bits per heavy atom. The van der Waals surface area contributed by atoms with E-state index in [1.54, 1.807) is 42.7 Å². The number of nitrogens with zero attached hydrogens (tertiary/aromatic N) is 7. The van der Waals surface area contributed by atoms with Crippen molar-refractivity contribution in [3.8, 4) is 22.4 Å². The van der Waals surface area contributed by atoms with E-state index in [0.717, 1.165) is 62.1 Å². The summed E-state index contributed by atoms with van der Waals surface area (Å²) in [5.74, 6) is -3.30. The van der Waals surface area contributed by atoms with E-state index in [4.69, 9.17) is 9.72 Å². The van der Waals surface area contributed by atoms with Gasteiger partial charge in [0.25, 0.3) is 11.8 Å². The maximum Gasteiger partial charge on any atom is 0.262 e. The molecule has 66 heavy (non-hydrogen) atoms. The first-order chi connectivity index (χ1) is 32.1. The Hall–Kier alpha value is -6.50. The highest BCUT2D eigenvalue weighted by atomic mass is 19.1. The number of nitrogens with one attached hydrogen (secondary N) is 3. The topological polar surface area (TPSA) is 184 Å². The van der Waals surface area contributed by atoms with Gasteiger partial charge in [0.05, 0.1) is 66.0 Å². The molecule has 0 aliphatic carbocycles. The molecule has 4 aliphatic rings. The fourth-order valence-corrected chi connectivity index (χ4v) is 9.21. The zero-order chi connectivity index (χ0) is 45.7. The van der Waals surface area contributed by atoms with E-state index in [2.05, 4.69) is 30.9 Å². The first kappa shape index (κ1) is 44.7. The number of imide groups is 2. The van der Waals surface area contributed by atoms with Gasteiger partial charge >= 0.3 is 0 Å². The summed E-state index contributed by atoms with van der Waals surface area (Å²) in [6.07, 6.45) is 10.9. The number of carbonyl (C=O) groups is 5. The lowest BCUT2D eigenvalue weighted by molar-refractivity contribution is -0.136. The molecule has 16 nitrogen and oxygen atoms in total. The average Bonchev–Trinajstić information content (AvgIpc) is 3.91. The highest BCUT2D eigenvalue weighted by Crippen LogP contribution is 2.33. The lowest BCUT2D eigenvalue weighted by Crippen LogP contribution is -2.54. The predicted octanol–water partition coefficient (Wildman–Crippen LogP) is 5.10. The van der Waals surface area contributed by atoms with E-state index in [1.165, 1.54) is 12.1 Å². The molecule has 3 N–H and O–H groups in total. The third-order valence-electron chi connectivity index (χ3n) is 12.9. The zero-order valence-corrected chi connectivity index (χ0v) is 36.6. The molecule has 0 bridgehead atoms. The number of rotatable bonds is 16. The number of ether oxygens (including phenoxy) is 1. The molecule has 0 saturated carbocycles. The number of anilines is 1. The normalized spacial score (nSPS) is 18.5. The number of halogens is 2. The number of unbranched alkanes of at least 4 members (excludes halogenated alkanes) is 3. The molecule has 0 radical (unpaired) electrons. The molecule has 5 amide bonds. The van der Waals surface area contributed by atoms with Crippen LogP contribution in [0.25, 0.3) is 33.4 Å².